The second kappa shape index (κ2) is 5.61. The van der Waals surface area contributed by atoms with Gasteiger partial charge in [-0.25, -0.2) is 13.1 Å². The second-order valence-electron chi connectivity index (χ2n) is 5.05. The first-order valence-corrected chi connectivity index (χ1v) is 8.81. The molecule has 20 heavy (non-hydrogen) atoms. The highest BCUT2D eigenvalue weighted by atomic mass is 32.2. The van der Waals surface area contributed by atoms with Crippen LogP contribution in [0.15, 0.2) is 4.90 Å². The van der Waals surface area contributed by atoms with Crippen molar-refractivity contribution in [1.29, 1.82) is 0 Å². The maximum absolute atomic E-state index is 12.0. The van der Waals surface area contributed by atoms with Crippen molar-refractivity contribution in [1.82, 2.24) is 14.7 Å². The Balaban J connectivity index is 2.37. The first-order chi connectivity index (χ1) is 9.38. The zero-order chi connectivity index (χ0) is 14.9. The van der Waals surface area contributed by atoms with Crippen molar-refractivity contribution < 1.29 is 8.42 Å². The van der Waals surface area contributed by atoms with Gasteiger partial charge in [0, 0.05) is 39.0 Å². The molecule has 0 atom stereocenters. The minimum atomic E-state index is -3.39. The first kappa shape index (κ1) is 15.1. The number of sulfone groups is 1. The van der Waals surface area contributed by atoms with E-state index in [9.17, 15) is 8.42 Å². The molecule has 114 valence electrons. The molecule has 0 unspecified atom stereocenters. The standard InChI is InChI=1S/C12H23N5O2S/c1-4-15-6-8-16(9-7-15)12-10(20(3,18)19)11(13)17(5-2)14-12/h4-9,13H2,1-3H3. The van der Waals surface area contributed by atoms with Crippen LogP contribution in [0, 0.1) is 0 Å². The lowest BCUT2D eigenvalue weighted by Gasteiger charge is -2.34. The van der Waals surface area contributed by atoms with Crippen LogP contribution in [0.25, 0.3) is 0 Å². The Labute approximate surface area is 120 Å². The summed E-state index contributed by atoms with van der Waals surface area (Å²) >= 11 is 0. The maximum Gasteiger partial charge on any atom is 0.182 e. The van der Waals surface area contributed by atoms with E-state index in [2.05, 4.69) is 16.9 Å². The van der Waals surface area contributed by atoms with Gasteiger partial charge in [0.1, 0.15) is 5.82 Å². The van der Waals surface area contributed by atoms with Crippen LogP contribution < -0.4 is 10.6 Å². The molecule has 0 spiro atoms. The summed E-state index contributed by atoms with van der Waals surface area (Å²) in [6.07, 6.45) is 1.19. The van der Waals surface area contributed by atoms with Crippen LogP contribution in [-0.2, 0) is 16.4 Å². The summed E-state index contributed by atoms with van der Waals surface area (Å²) in [5, 5.41) is 4.39. The molecule has 1 aromatic rings. The van der Waals surface area contributed by atoms with E-state index in [0.717, 1.165) is 32.7 Å². The van der Waals surface area contributed by atoms with Crippen LogP contribution in [0.3, 0.4) is 0 Å². The van der Waals surface area contributed by atoms with Crippen molar-refractivity contribution in [3.63, 3.8) is 0 Å². The Bertz CT molecular complexity index is 573. The summed E-state index contributed by atoms with van der Waals surface area (Å²) < 4.78 is 25.5. The largest absolute Gasteiger partial charge is 0.383 e. The molecule has 1 saturated heterocycles. The smallest absolute Gasteiger partial charge is 0.182 e. The van der Waals surface area contributed by atoms with Crippen molar-refractivity contribution >= 4 is 21.5 Å². The van der Waals surface area contributed by atoms with E-state index in [4.69, 9.17) is 5.73 Å². The summed E-state index contributed by atoms with van der Waals surface area (Å²) in [6, 6.07) is 0. The minimum absolute atomic E-state index is 0.171. The van der Waals surface area contributed by atoms with Gasteiger partial charge in [0.05, 0.1) is 0 Å². The zero-order valence-corrected chi connectivity index (χ0v) is 13.2. The van der Waals surface area contributed by atoms with Crippen LogP contribution >= 0.6 is 0 Å². The average Bonchev–Trinajstić information content (AvgIpc) is 2.75. The lowest BCUT2D eigenvalue weighted by molar-refractivity contribution is 0.270. The third-order valence-corrected chi connectivity index (χ3v) is 4.85. The molecule has 1 aliphatic heterocycles. The topological polar surface area (TPSA) is 84.5 Å². The normalized spacial score (nSPS) is 17.6. The van der Waals surface area contributed by atoms with Crippen molar-refractivity contribution in [2.45, 2.75) is 25.3 Å². The Kier molecular flexibility index (Phi) is 4.24. The number of piperazine rings is 1. The minimum Gasteiger partial charge on any atom is -0.383 e. The highest BCUT2D eigenvalue weighted by molar-refractivity contribution is 7.91. The van der Waals surface area contributed by atoms with Gasteiger partial charge >= 0.3 is 0 Å². The second-order valence-corrected chi connectivity index (χ2v) is 7.00. The van der Waals surface area contributed by atoms with Gasteiger partial charge in [-0.2, -0.15) is 5.10 Å². The van der Waals surface area contributed by atoms with Crippen molar-refractivity contribution in [3.8, 4) is 0 Å². The zero-order valence-electron chi connectivity index (χ0n) is 12.3. The molecule has 2 rings (SSSR count). The van der Waals surface area contributed by atoms with Gasteiger partial charge in [0.25, 0.3) is 0 Å². The van der Waals surface area contributed by atoms with Gasteiger partial charge in [0.2, 0.25) is 0 Å². The number of aryl methyl sites for hydroxylation is 1. The lowest BCUT2D eigenvalue weighted by Crippen LogP contribution is -2.46. The molecule has 1 fully saturated rings. The van der Waals surface area contributed by atoms with Crippen molar-refractivity contribution in [3.05, 3.63) is 0 Å². The molecule has 1 aromatic heterocycles. The molecule has 0 aromatic carbocycles. The van der Waals surface area contributed by atoms with E-state index in [-0.39, 0.29) is 10.7 Å². The Morgan fingerprint density at radius 1 is 1.15 bits per heavy atom. The Morgan fingerprint density at radius 2 is 1.75 bits per heavy atom. The molecule has 0 radical (unpaired) electrons. The summed E-state index contributed by atoms with van der Waals surface area (Å²) in [7, 11) is -3.39. The molecular formula is C12H23N5O2S. The highest BCUT2D eigenvalue weighted by Gasteiger charge is 2.29. The fourth-order valence-corrected chi connectivity index (χ4v) is 3.51. The number of anilines is 2. The van der Waals surface area contributed by atoms with E-state index in [1.807, 2.05) is 11.8 Å². The molecule has 0 saturated carbocycles. The monoisotopic (exact) mass is 301 g/mol. The van der Waals surface area contributed by atoms with Gasteiger partial charge in [-0.1, -0.05) is 6.92 Å². The number of hydrogen-bond acceptors (Lipinski definition) is 6. The molecule has 0 bridgehead atoms. The SMILES string of the molecule is CCN1CCN(c2nn(CC)c(N)c2S(C)(=O)=O)CC1. The number of aromatic nitrogens is 2. The Morgan fingerprint density at radius 3 is 2.20 bits per heavy atom. The third kappa shape index (κ3) is 2.76. The van der Waals surface area contributed by atoms with E-state index in [0.29, 0.717) is 12.4 Å². The first-order valence-electron chi connectivity index (χ1n) is 6.92. The number of nitrogen functional groups attached to an aromatic ring is 1. The fraction of sp³-hybridized carbons (Fsp3) is 0.750. The molecule has 7 nitrogen and oxygen atoms in total. The van der Waals surface area contributed by atoms with Gasteiger partial charge in [0.15, 0.2) is 20.6 Å². The van der Waals surface area contributed by atoms with Crippen LogP contribution in [0.4, 0.5) is 11.6 Å². The van der Waals surface area contributed by atoms with Crippen LogP contribution in [0.5, 0.6) is 0 Å². The molecule has 1 aliphatic rings. The van der Waals surface area contributed by atoms with Crippen LogP contribution in [-0.4, -0.2) is 62.1 Å². The van der Waals surface area contributed by atoms with Gasteiger partial charge in [-0.15, -0.1) is 0 Å². The predicted octanol–water partition coefficient (Wildman–Crippen LogP) is 0.0306. The number of nitrogens with zero attached hydrogens (tertiary/aromatic N) is 4. The van der Waals surface area contributed by atoms with Crippen LogP contribution in [0.2, 0.25) is 0 Å². The van der Waals surface area contributed by atoms with E-state index >= 15 is 0 Å². The summed E-state index contributed by atoms with van der Waals surface area (Å²) in [6.45, 7) is 8.97. The maximum atomic E-state index is 12.0. The number of rotatable bonds is 4. The molecule has 0 amide bonds. The number of nitrogens with two attached hydrogens (primary N) is 1. The molecule has 2 heterocycles. The molecule has 0 aliphatic carbocycles. The molecule has 8 heteroatoms. The van der Waals surface area contributed by atoms with Crippen LogP contribution in [0.1, 0.15) is 13.8 Å². The molecular weight excluding hydrogens is 278 g/mol. The Hall–Kier alpha value is -1.28. The number of likely N-dealkylation sites (N-methyl/N-ethyl adjacent to an activating group) is 1. The summed E-state index contributed by atoms with van der Waals surface area (Å²) in [5.41, 5.74) is 5.95. The van der Waals surface area contributed by atoms with E-state index < -0.39 is 9.84 Å². The van der Waals surface area contributed by atoms with Crippen molar-refractivity contribution in [2.75, 3.05) is 49.6 Å². The van der Waals surface area contributed by atoms with Crippen molar-refractivity contribution in [2.24, 2.45) is 0 Å². The predicted molar refractivity (Wildman–Crippen MR) is 79.8 cm³/mol. The fourth-order valence-electron chi connectivity index (χ4n) is 2.52. The summed E-state index contributed by atoms with van der Waals surface area (Å²) in [5.74, 6) is 0.741. The highest BCUT2D eigenvalue weighted by Crippen LogP contribution is 2.30. The van der Waals surface area contributed by atoms with Gasteiger partial charge in [-0.05, 0) is 13.5 Å². The van der Waals surface area contributed by atoms with E-state index in [1.165, 1.54) is 6.26 Å². The average molecular weight is 301 g/mol. The molecule has 2 N–H and O–H groups in total. The quantitative estimate of drug-likeness (QED) is 0.844. The van der Waals surface area contributed by atoms with Gasteiger partial charge < -0.3 is 15.5 Å². The van der Waals surface area contributed by atoms with E-state index in [1.54, 1.807) is 4.68 Å². The third-order valence-electron chi connectivity index (χ3n) is 3.72. The van der Waals surface area contributed by atoms with Gasteiger partial charge in [-0.3, -0.25) is 0 Å². The summed E-state index contributed by atoms with van der Waals surface area (Å²) in [4.78, 5) is 4.52. The number of hydrogen-bond donors (Lipinski definition) is 1. The lowest BCUT2D eigenvalue weighted by atomic mass is 10.3.